The summed E-state index contributed by atoms with van der Waals surface area (Å²) in [7, 11) is 0. The molecule has 3 rings (SSSR count). The zero-order valence-electron chi connectivity index (χ0n) is 10.7. The molecule has 96 valence electrons. The molecule has 0 radical (unpaired) electrons. The molecule has 2 aromatic heterocycles. The molecule has 0 spiro atoms. The molecule has 0 aromatic carbocycles. The second kappa shape index (κ2) is 4.90. The first-order valence-corrected chi connectivity index (χ1v) is 7.58. The lowest BCUT2D eigenvalue weighted by molar-refractivity contribution is 0.155. The Morgan fingerprint density at radius 2 is 2.39 bits per heavy atom. The van der Waals surface area contributed by atoms with Gasteiger partial charge in [-0.05, 0) is 61.1 Å². The Hall–Kier alpha value is -1.06. The Morgan fingerprint density at radius 3 is 3.17 bits per heavy atom. The molecule has 0 fully saturated rings. The number of nitrogens with zero attached hydrogens (tertiary/aromatic N) is 1. The normalized spacial score (nSPS) is 18.9. The minimum absolute atomic E-state index is 0.241. The van der Waals surface area contributed by atoms with E-state index in [1.165, 1.54) is 22.5 Å². The van der Waals surface area contributed by atoms with Crippen molar-refractivity contribution in [1.29, 1.82) is 0 Å². The highest BCUT2D eigenvalue weighted by Gasteiger charge is 2.22. The molecule has 2 nitrogen and oxygen atoms in total. The van der Waals surface area contributed by atoms with Gasteiger partial charge in [-0.25, -0.2) is 0 Å². The molecule has 1 atom stereocenters. The van der Waals surface area contributed by atoms with Gasteiger partial charge in [0.2, 0.25) is 0 Å². The summed E-state index contributed by atoms with van der Waals surface area (Å²) in [4.78, 5) is 0. The SMILES string of the molecule is Cc1cc2c(n1CCc1ccsc1)CCCC2O. The number of aromatic nitrogens is 1. The molecular weight excluding hydrogens is 242 g/mol. The first-order valence-electron chi connectivity index (χ1n) is 6.64. The highest BCUT2D eigenvalue weighted by molar-refractivity contribution is 7.07. The predicted octanol–water partition coefficient (Wildman–Crippen LogP) is 3.47. The van der Waals surface area contributed by atoms with Crippen LogP contribution in [0.4, 0.5) is 0 Å². The number of thiophene rings is 1. The van der Waals surface area contributed by atoms with E-state index in [0.29, 0.717) is 0 Å². The molecule has 0 amide bonds. The predicted molar refractivity (Wildman–Crippen MR) is 75.1 cm³/mol. The van der Waals surface area contributed by atoms with E-state index in [0.717, 1.165) is 32.2 Å². The van der Waals surface area contributed by atoms with Crippen molar-refractivity contribution in [3.63, 3.8) is 0 Å². The Morgan fingerprint density at radius 1 is 1.50 bits per heavy atom. The lowest BCUT2D eigenvalue weighted by Gasteiger charge is -2.20. The Labute approximate surface area is 112 Å². The third-order valence-electron chi connectivity index (χ3n) is 3.90. The summed E-state index contributed by atoms with van der Waals surface area (Å²) in [6.45, 7) is 3.18. The number of hydrogen-bond acceptors (Lipinski definition) is 2. The number of aryl methyl sites for hydroxylation is 2. The molecule has 0 bridgehead atoms. The van der Waals surface area contributed by atoms with Crippen molar-refractivity contribution in [2.75, 3.05) is 0 Å². The fourth-order valence-corrected chi connectivity index (χ4v) is 3.63. The van der Waals surface area contributed by atoms with Crippen LogP contribution in [0.3, 0.4) is 0 Å². The summed E-state index contributed by atoms with van der Waals surface area (Å²) in [5.74, 6) is 0. The number of fused-ring (bicyclic) bond motifs is 1. The third-order valence-corrected chi connectivity index (χ3v) is 4.64. The van der Waals surface area contributed by atoms with Crippen LogP contribution in [0, 0.1) is 6.92 Å². The van der Waals surface area contributed by atoms with Gasteiger partial charge < -0.3 is 9.67 Å². The van der Waals surface area contributed by atoms with Crippen molar-refractivity contribution in [3.8, 4) is 0 Å². The first-order chi connectivity index (χ1) is 8.75. The second-order valence-corrected chi connectivity index (χ2v) is 5.91. The molecule has 0 saturated carbocycles. The van der Waals surface area contributed by atoms with Crippen LogP contribution < -0.4 is 0 Å². The van der Waals surface area contributed by atoms with Crippen LogP contribution in [-0.2, 0) is 19.4 Å². The van der Waals surface area contributed by atoms with E-state index >= 15 is 0 Å². The molecule has 1 aliphatic carbocycles. The summed E-state index contributed by atoms with van der Waals surface area (Å²) in [5.41, 5.74) is 5.24. The number of rotatable bonds is 3. The summed E-state index contributed by atoms with van der Waals surface area (Å²) >= 11 is 1.76. The lowest BCUT2D eigenvalue weighted by atomic mass is 9.95. The maximum absolute atomic E-state index is 10.0. The molecule has 18 heavy (non-hydrogen) atoms. The average molecular weight is 261 g/mol. The number of aliphatic hydroxyl groups excluding tert-OH is 1. The minimum atomic E-state index is -0.241. The highest BCUT2D eigenvalue weighted by atomic mass is 32.1. The Kier molecular flexibility index (Phi) is 3.27. The standard InChI is InChI=1S/C15H19NOS/c1-11-9-13-14(3-2-4-15(13)17)16(11)7-5-12-6-8-18-10-12/h6,8-10,15,17H,2-5,7H2,1H3. The average Bonchev–Trinajstić information content (AvgIpc) is 2.95. The fraction of sp³-hybridized carbons (Fsp3) is 0.467. The zero-order valence-corrected chi connectivity index (χ0v) is 11.5. The van der Waals surface area contributed by atoms with Crippen LogP contribution in [-0.4, -0.2) is 9.67 Å². The van der Waals surface area contributed by atoms with Crippen LogP contribution in [0.25, 0.3) is 0 Å². The van der Waals surface area contributed by atoms with Gasteiger partial charge in [0.05, 0.1) is 6.10 Å². The summed E-state index contributed by atoms with van der Waals surface area (Å²) in [6, 6.07) is 4.37. The van der Waals surface area contributed by atoms with Crippen molar-refractivity contribution in [1.82, 2.24) is 4.57 Å². The van der Waals surface area contributed by atoms with E-state index in [-0.39, 0.29) is 6.10 Å². The van der Waals surface area contributed by atoms with Crippen LogP contribution in [0.5, 0.6) is 0 Å². The molecule has 2 heterocycles. The van der Waals surface area contributed by atoms with Crippen molar-refractivity contribution in [3.05, 3.63) is 45.4 Å². The zero-order chi connectivity index (χ0) is 12.5. The van der Waals surface area contributed by atoms with E-state index in [1.54, 1.807) is 11.3 Å². The van der Waals surface area contributed by atoms with E-state index in [2.05, 4.69) is 34.4 Å². The van der Waals surface area contributed by atoms with Gasteiger partial charge in [-0.3, -0.25) is 0 Å². The van der Waals surface area contributed by atoms with E-state index < -0.39 is 0 Å². The van der Waals surface area contributed by atoms with E-state index in [1.807, 2.05) is 0 Å². The largest absolute Gasteiger partial charge is 0.388 e. The fourth-order valence-electron chi connectivity index (χ4n) is 2.93. The van der Waals surface area contributed by atoms with Gasteiger partial charge in [0.25, 0.3) is 0 Å². The first kappa shape index (κ1) is 12.0. The van der Waals surface area contributed by atoms with Gasteiger partial charge in [-0.1, -0.05) is 0 Å². The molecule has 2 aromatic rings. The summed E-state index contributed by atoms with van der Waals surface area (Å²) < 4.78 is 2.40. The smallest absolute Gasteiger partial charge is 0.0807 e. The second-order valence-electron chi connectivity index (χ2n) is 5.13. The van der Waals surface area contributed by atoms with Crippen molar-refractivity contribution in [2.24, 2.45) is 0 Å². The van der Waals surface area contributed by atoms with Crippen LogP contribution in [0.15, 0.2) is 22.9 Å². The van der Waals surface area contributed by atoms with Gasteiger partial charge in [0.15, 0.2) is 0 Å². The van der Waals surface area contributed by atoms with E-state index in [9.17, 15) is 5.11 Å². The summed E-state index contributed by atoms with van der Waals surface area (Å²) in [6.07, 6.45) is 3.98. The topological polar surface area (TPSA) is 25.2 Å². The monoisotopic (exact) mass is 261 g/mol. The Balaban J connectivity index is 1.83. The van der Waals surface area contributed by atoms with Crippen molar-refractivity contribution >= 4 is 11.3 Å². The molecule has 1 unspecified atom stereocenters. The van der Waals surface area contributed by atoms with Crippen LogP contribution >= 0.6 is 11.3 Å². The van der Waals surface area contributed by atoms with E-state index in [4.69, 9.17) is 0 Å². The molecule has 3 heteroatoms. The van der Waals surface area contributed by atoms with Crippen LogP contribution in [0.2, 0.25) is 0 Å². The van der Waals surface area contributed by atoms with Crippen molar-refractivity contribution in [2.45, 2.75) is 45.3 Å². The van der Waals surface area contributed by atoms with Gasteiger partial charge in [-0.15, -0.1) is 0 Å². The molecule has 1 N–H and O–H groups in total. The maximum Gasteiger partial charge on any atom is 0.0807 e. The number of hydrogen-bond donors (Lipinski definition) is 1. The molecule has 0 aliphatic heterocycles. The Bertz CT molecular complexity index is 527. The quantitative estimate of drug-likeness (QED) is 0.899. The van der Waals surface area contributed by atoms with Gasteiger partial charge in [0, 0.05) is 23.5 Å². The van der Waals surface area contributed by atoms with Gasteiger partial charge in [-0.2, -0.15) is 11.3 Å². The maximum atomic E-state index is 10.0. The number of aliphatic hydroxyl groups is 1. The highest BCUT2D eigenvalue weighted by Crippen LogP contribution is 2.32. The van der Waals surface area contributed by atoms with Gasteiger partial charge >= 0.3 is 0 Å². The van der Waals surface area contributed by atoms with Gasteiger partial charge in [0.1, 0.15) is 0 Å². The minimum Gasteiger partial charge on any atom is -0.388 e. The van der Waals surface area contributed by atoms with Crippen LogP contribution in [0.1, 0.15) is 41.5 Å². The summed E-state index contributed by atoms with van der Waals surface area (Å²) in [5, 5.41) is 14.4. The molecule has 0 saturated heterocycles. The van der Waals surface area contributed by atoms with Crippen molar-refractivity contribution < 1.29 is 5.11 Å². The lowest BCUT2D eigenvalue weighted by Crippen LogP contribution is -2.13. The molecule has 1 aliphatic rings. The third kappa shape index (κ3) is 2.13. The molecular formula is C15H19NOS.